The highest BCUT2D eigenvalue weighted by Gasteiger charge is 2.57. The van der Waals surface area contributed by atoms with E-state index in [-0.39, 0.29) is 22.2 Å². The molecule has 2 unspecified atom stereocenters. The lowest BCUT2D eigenvalue weighted by atomic mass is 9.46. The third kappa shape index (κ3) is 3.51. The zero-order valence-electron chi connectivity index (χ0n) is 21.3. The SMILES string of the molecule is C[C@H](C=O)[C@H]1CC=C2C3=C(CC[C@@]21C)[C@@]1(C)CCC(OCc2ccccc2)C(C)(C)C1CC3. The predicted octanol–water partition coefficient (Wildman–Crippen LogP) is 7.69. The van der Waals surface area contributed by atoms with Gasteiger partial charge in [-0.15, -0.1) is 0 Å². The van der Waals surface area contributed by atoms with Gasteiger partial charge in [0, 0.05) is 5.92 Å². The van der Waals surface area contributed by atoms with Crippen molar-refractivity contribution < 1.29 is 9.53 Å². The lowest BCUT2D eigenvalue weighted by molar-refractivity contribution is -0.128. The largest absolute Gasteiger partial charge is 0.373 e. The van der Waals surface area contributed by atoms with E-state index >= 15 is 0 Å². The van der Waals surface area contributed by atoms with Crippen LogP contribution in [0.3, 0.4) is 0 Å². The molecule has 1 fully saturated rings. The number of allylic oxidation sites excluding steroid dienone is 4. The number of fused-ring (bicyclic) bond motifs is 4. The highest BCUT2D eigenvalue weighted by molar-refractivity contribution is 5.57. The number of hydrogen-bond acceptors (Lipinski definition) is 2. The molecular formula is C31H42O2. The zero-order valence-corrected chi connectivity index (χ0v) is 21.3. The van der Waals surface area contributed by atoms with E-state index in [4.69, 9.17) is 4.74 Å². The Morgan fingerprint density at radius 1 is 1.03 bits per heavy atom. The molecule has 5 rings (SSSR count). The van der Waals surface area contributed by atoms with E-state index in [1.165, 1.54) is 44.0 Å². The third-order valence-electron chi connectivity index (χ3n) is 10.5. The van der Waals surface area contributed by atoms with Gasteiger partial charge >= 0.3 is 0 Å². The topological polar surface area (TPSA) is 26.3 Å². The van der Waals surface area contributed by atoms with Gasteiger partial charge in [-0.3, -0.25) is 0 Å². The maximum absolute atomic E-state index is 11.6. The Kier molecular flexibility index (Phi) is 5.75. The lowest BCUT2D eigenvalue weighted by Crippen LogP contribution is -2.53. The maximum Gasteiger partial charge on any atom is 0.123 e. The number of carbonyl (C=O) groups excluding carboxylic acids is 1. The minimum Gasteiger partial charge on any atom is -0.373 e. The Hall–Kier alpha value is -1.67. The number of ether oxygens (including phenoxy) is 1. The highest BCUT2D eigenvalue weighted by Crippen LogP contribution is 2.66. The number of carbonyl (C=O) groups is 1. The summed E-state index contributed by atoms with van der Waals surface area (Å²) in [5.41, 5.74) is 6.96. The molecule has 4 aliphatic carbocycles. The normalized spacial score (nSPS) is 38.1. The number of benzene rings is 1. The smallest absolute Gasteiger partial charge is 0.123 e. The van der Waals surface area contributed by atoms with Gasteiger partial charge in [-0.1, -0.05) is 76.6 Å². The molecule has 2 heteroatoms. The second-order valence-corrected chi connectivity index (χ2v) is 12.5. The van der Waals surface area contributed by atoms with Crippen LogP contribution >= 0.6 is 0 Å². The summed E-state index contributed by atoms with van der Waals surface area (Å²) in [7, 11) is 0. The van der Waals surface area contributed by atoms with Gasteiger partial charge < -0.3 is 9.53 Å². The summed E-state index contributed by atoms with van der Waals surface area (Å²) in [5.74, 6) is 1.28. The number of aldehydes is 1. The molecule has 0 amide bonds. The van der Waals surface area contributed by atoms with Crippen molar-refractivity contribution in [1.29, 1.82) is 0 Å². The maximum atomic E-state index is 11.6. The minimum absolute atomic E-state index is 0.147. The fourth-order valence-electron chi connectivity index (χ4n) is 8.66. The van der Waals surface area contributed by atoms with Crippen LogP contribution in [0.5, 0.6) is 0 Å². The minimum atomic E-state index is 0.147. The van der Waals surface area contributed by atoms with Crippen LogP contribution in [0, 0.1) is 34.0 Å². The lowest BCUT2D eigenvalue weighted by Gasteiger charge is -2.60. The average Bonchev–Trinajstić information content (AvgIpc) is 3.16. The van der Waals surface area contributed by atoms with Gasteiger partial charge in [0.15, 0.2) is 0 Å². The van der Waals surface area contributed by atoms with E-state index in [9.17, 15) is 4.79 Å². The van der Waals surface area contributed by atoms with E-state index in [2.05, 4.69) is 71.0 Å². The van der Waals surface area contributed by atoms with E-state index in [1.807, 2.05) is 0 Å². The molecule has 6 atom stereocenters. The van der Waals surface area contributed by atoms with Gasteiger partial charge in [-0.25, -0.2) is 0 Å². The molecule has 0 N–H and O–H groups in total. The van der Waals surface area contributed by atoms with Crippen molar-refractivity contribution in [2.75, 3.05) is 0 Å². The van der Waals surface area contributed by atoms with Gasteiger partial charge in [0.25, 0.3) is 0 Å². The summed E-state index contributed by atoms with van der Waals surface area (Å²) in [4.78, 5) is 11.6. The number of hydrogen-bond donors (Lipinski definition) is 0. The van der Waals surface area contributed by atoms with Crippen LogP contribution in [0.15, 0.2) is 53.1 Å². The first kappa shape index (κ1) is 23.1. The average molecular weight is 447 g/mol. The van der Waals surface area contributed by atoms with Crippen molar-refractivity contribution in [2.24, 2.45) is 34.0 Å². The van der Waals surface area contributed by atoms with Gasteiger partial charge in [-0.05, 0) is 89.7 Å². The first-order chi connectivity index (χ1) is 15.7. The second kappa shape index (κ2) is 8.22. The van der Waals surface area contributed by atoms with Gasteiger partial charge in [0.2, 0.25) is 0 Å². The summed E-state index contributed by atoms with van der Waals surface area (Å²) < 4.78 is 6.59. The Labute approximate surface area is 200 Å². The first-order valence-corrected chi connectivity index (χ1v) is 13.3. The van der Waals surface area contributed by atoms with Gasteiger partial charge in [0.1, 0.15) is 6.29 Å². The molecule has 178 valence electrons. The van der Waals surface area contributed by atoms with Crippen molar-refractivity contribution in [1.82, 2.24) is 0 Å². The molecule has 0 bridgehead atoms. The molecule has 0 aromatic heterocycles. The molecule has 4 aliphatic rings. The monoisotopic (exact) mass is 446 g/mol. The highest BCUT2D eigenvalue weighted by atomic mass is 16.5. The standard InChI is InChI=1S/C31H42O2/c1-21(19-32)24-12-13-25-23-11-14-27-29(2,3)28(33-20-22-9-7-6-8-10-22)16-18-31(27,5)26(23)15-17-30(24,25)4/h6-10,13,19,21,24,27-28H,11-12,14-18,20H2,1-5H3/t21-,24-,27?,28?,30-,31-/m1/s1. The summed E-state index contributed by atoms with van der Waals surface area (Å²) in [6.45, 7) is 12.8. The molecular weight excluding hydrogens is 404 g/mol. The summed E-state index contributed by atoms with van der Waals surface area (Å²) in [5, 5.41) is 0. The molecule has 0 saturated heterocycles. The Balaban J connectivity index is 1.40. The summed E-state index contributed by atoms with van der Waals surface area (Å²) in [6.07, 6.45) is 12.3. The van der Waals surface area contributed by atoms with Crippen LogP contribution in [0.2, 0.25) is 0 Å². The summed E-state index contributed by atoms with van der Waals surface area (Å²) in [6, 6.07) is 10.6. The van der Waals surface area contributed by atoms with Crippen LogP contribution in [0.1, 0.15) is 85.1 Å². The second-order valence-electron chi connectivity index (χ2n) is 12.5. The third-order valence-corrected chi connectivity index (χ3v) is 10.5. The fraction of sp³-hybridized carbons (Fsp3) is 0.645. The van der Waals surface area contributed by atoms with Crippen molar-refractivity contribution >= 4 is 6.29 Å². The molecule has 33 heavy (non-hydrogen) atoms. The molecule has 0 heterocycles. The zero-order chi connectivity index (χ0) is 23.4. The molecule has 2 nitrogen and oxygen atoms in total. The Bertz CT molecular complexity index is 970. The first-order valence-electron chi connectivity index (χ1n) is 13.3. The van der Waals surface area contributed by atoms with Crippen molar-refractivity contribution in [3.8, 4) is 0 Å². The molecule has 1 saturated carbocycles. The van der Waals surface area contributed by atoms with Crippen LogP contribution < -0.4 is 0 Å². The van der Waals surface area contributed by atoms with Crippen LogP contribution in [-0.4, -0.2) is 12.4 Å². The molecule has 1 aromatic carbocycles. The van der Waals surface area contributed by atoms with Gasteiger partial charge in [0.05, 0.1) is 12.7 Å². The molecule has 0 radical (unpaired) electrons. The Morgan fingerprint density at radius 2 is 1.79 bits per heavy atom. The van der Waals surface area contributed by atoms with Crippen molar-refractivity contribution in [3.05, 3.63) is 58.7 Å². The van der Waals surface area contributed by atoms with E-state index < -0.39 is 0 Å². The van der Waals surface area contributed by atoms with E-state index in [0.717, 1.165) is 12.8 Å². The summed E-state index contributed by atoms with van der Waals surface area (Å²) >= 11 is 0. The molecule has 0 aliphatic heterocycles. The van der Waals surface area contributed by atoms with Gasteiger partial charge in [-0.2, -0.15) is 0 Å². The van der Waals surface area contributed by atoms with E-state index in [1.54, 1.807) is 16.7 Å². The predicted molar refractivity (Wildman–Crippen MR) is 135 cm³/mol. The Morgan fingerprint density at radius 3 is 2.52 bits per heavy atom. The van der Waals surface area contributed by atoms with Crippen LogP contribution in [0.25, 0.3) is 0 Å². The molecule has 0 spiro atoms. The number of rotatable bonds is 5. The fourth-order valence-corrected chi connectivity index (χ4v) is 8.66. The quantitative estimate of drug-likeness (QED) is 0.433. The van der Waals surface area contributed by atoms with Crippen molar-refractivity contribution in [2.45, 2.75) is 92.3 Å². The van der Waals surface area contributed by atoms with Crippen LogP contribution in [0.4, 0.5) is 0 Å². The van der Waals surface area contributed by atoms with E-state index in [0.29, 0.717) is 24.5 Å². The molecule has 1 aromatic rings. The van der Waals surface area contributed by atoms with Crippen LogP contribution in [-0.2, 0) is 16.1 Å². The van der Waals surface area contributed by atoms with Crippen molar-refractivity contribution in [3.63, 3.8) is 0 Å².